The number of nitrogens with zero attached hydrogens (tertiary/aromatic N) is 3. The van der Waals surface area contributed by atoms with E-state index >= 15 is 0 Å². The molecule has 168 valence electrons. The number of halogens is 3. The SMILES string of the molecule is COc1cc(/C=N\Nc2nncc3ccccc23)ccc1OCc1cccc(C(F)(F)F)c1. The number of alkyl halides is 3. The summed E-state index contributed by atoms with van der Waals surface area (Å²) in [7, 11) is 1.48. The van der Waals surface area contributed by atoms with E-state index in [0.29, 0.717) is 22.9 Å². The Hall–Kier alpha value is -4.14. The highest BCUT2D eigenvalue weighted by Gasteiger charge is 2.30. The Balaban J connectivity index is 1.44. The molecule has 3 aromatic carbocycles. The van der Waals surface area contributed by atoms with Crippen LogP contribution in [0.4, 0.5) is 19.0 Å². The molecule has 9 heteroatoms. The first-order valence-corrected chi connectivity index (χ1v) is 9.90. The van der Waals surface area contributed by atoms with E-state index < -0.39 is 11.7 Å². The van der Waals surface area contributed by atoms with Gasteiger partial charge in [-0.3, -0.25) is 5.43 Å². The molecule has 0 aliphatic heterocycles. The number of hydrazone groups is 1. The second kappa shape index (κ2) is 9.56. The number of methoxy groups -OCH3 is 1. The van der Waals surface area contributed by atoms with Crippen LogP contribution < -0.4 is 14.9 Å². The van der Waals surface area contributed by atoms with Crippen molar-refractivity contribution in [2.75, 3.05) is 12.5 Å². The Morgan fingerprint density at radius 2 is 1.85 bits per heavy atom. The van der Waals surface area contributed by atoms with Crippen molar-refractivity contribution in [1.82, 2.24) is 10.2 Å². The number of hydrogen-bond acceptors (Lipinski definition) is 6. The van der Waals surface area contributed by atoms with Crippen molar-refractivity contribution in [2.24, 2.45) is 5.10 Å². The summed E-state index contributed by atoms with van der Waals surface area (Å²) < 4.78 is 49.7. The molecule has 0 fully saturated rings. The second-order valence-corrected chi connectivity index (χ2v) is 7.05. The van der Waals surface area contributed by atoms with Gasteiger partial charge in [0.25, 0.3) is 0 Å². The van der Waals surface area contributed by atoms with Crippen molar-refractivity contribution in [2.45, 2.75) is 12.8 Å². The average Bonchev–Trinajstić information content (AvgIpc) is 2.83. The number of anilines is 1. The minimum Gasteiger partial charge on any atom is -0.493 e. The molecule has 0 bridgehead atoms. The molecule has 1 aromatic heterocycles. The molecule has 6 nitrogen and oxygen atoms in total. The first-order chi connectivity index (χ1) is 15.9. The standard InChI is InChI=1S/C24H19F3N4O2/c1-32-22-12-16(13-28-30-23-20-8-3-2-6-18(20)14-29-31-23)9-10-21(22)33-15-17-5-4-7-19(11-17)24(25,26)27/h2-14H,15H2,1H3,(H,30,31)/b28-13-. The van der Waals surface area contributed by atoms with Crippen molar-refractivity contribution in [3.05, 3.63) is 89.6 Å². The number of nitrogens with one attached hydrogen (secondary N) is 1. The second-order valence-electron chi connectivity index (χ2n) is 7.05. The normalized spacial score (nSPS) is 11.6. The van der Waals surface area contributed by atoms with Gasteiger partial charge in [-0.1, -0.05) is 36.4 Å². The van der Waals surface area contributed by atoms with Crippen LogP contribution in [0, 0.1) is 0 Å². The van der Waals surface area contributed by atoms with Crippen LogP contribution >= 0.6 is 0 Å². The molecule has 1 heterocycles. The van der Waals surface area contributed by atoms with E-state index in [1.807, 2.05) is 24.3 Å². The smallest absolute Gasteiger partial charge is 0.416 e. The predicted molar refractivity (Wildman–Crippen MR) is 120 cm³/mol. The number of fused-ring (bicyclic) bond motifs is 1. The van der Waals surface area contributed by atoms with Gasteiger partial charge in [0.1, 0.15) is 6.61 Å². The van der Waals surface area contributed by atoms with Crippen LogP contribution in [0.1, 0.15) is 16.7 Å². The summed E-state index contributed by atoms with van der Waals surface area (Å²) in [6, 6.07) is 17.8. The van der Waals surface area contributed by atoms with Crippen molar-refractivity contribution in [1.29, 1.82) is 0 Å². The monoisotopic (exact) mass is 452 g/mol. The van der Waals surface area contributed by atoms with Crippen LogP contribution in [-0.4, -0.2) is 23.5 Å². The minimum atomic E-state index is -4.40. The summed E-state index contributed by atoms with van der Waals surface area (Å²) in [4.78, 5) is 0. The molecule has 4 aromatic rings. The number of aromatic nitrogens is 2. The fourth-order valence-corrected chi connectivity index (χ4v) is 3.16. The van der Waals surface area contributed by atoms with E-state index in [9.17, 15) is 13.2 Å². The van der Waals surface area contributed by atoms with Crippen molar-refractivity contribution in [3.8, 4) is 11.5 Å². The number of ether oxygens (including phenoxy) is 2. The summed E-state index contributed by atoms with van der Waals surface area (Å²) >= 11 is 0. The van der Waals surface area contributed by atoms with Gasteiger partial charge in [0.2, 0.25) is 0 Å². The third-order valence-electron chi connectivity index (χ3n) is 4.79. The maximum Gasteiger partial charge on any atom is 0.416 e. The topological polar surface area (TPSA) is 68.6 Å². The van der Waals surface area contributed by atoms with Gasteiger partial charge in [0.15, 0.2) is 17.3 Å². The molecule has 0 saturated heterocycles. The lowest BCUT2D eigenvalue weighted by molar-refractivity contribution is -0.137. The molecule has 0 spiro atoms. The zero-order chi connectivity index (χ0) is 23.3. The van der Waals surface area contributed by atoms with Crippen molar-refractivity contribution in [3.63, 3.8) is 0 Å². The van der Waals surface area contributed by atoms with Gasteiger partial charge in [-0.15, -0.1) is 5.10 Å². The van der Waals surface area contributed by atoms with Crippen molar-refractivity contribution < 1.29 is 22.6 Å². The van der Waals surface area contributed by atoms with Gasteiger partial charge < -0.3 is 9.47 Å². The highest BCUT2D eigenvalue weighted by molar-refractivity contribution is 5.91. The summed E-state index contributed by atoms with van der Waals surface area (Å²) in [6.45, 7) is -0.0327. The van der Waals surface area contributed by atoms with E-state index in [1.165, 1.54) is 13.2 Å². The van der Waals surface area contributed by atoms with Crippen molar-refractivity contribution >= 4 is 22.8 Å². The van der Waals surface area contributed by atoms with E-state index in [4.69, 9.17) is 9.47 Å². The fraction of sp³-hybridized carbons (Fsp3) is 0.125. The van der Waals surface area contributed by atoms with Gasteiger partial charge in [-0.25, -0.2) is 0 Å². The van der Waals surface area contributed by atoms with Gasteiger partial charge in [-0.05, 0) is 41.5 Å². The van der Waals surface area contributed by atoms with Gasteiger partial charge in [-0.2, -0.15) is 23.4 Å². The quantitative estimate of drug-likeness (QED) is 0.289. The number of benzene rings is 3. The van der Waals surface area contributed by atoms with E-state index in [-0.39, 0.29) is 6.61 Å². The Morgan fingerprint density at radius 3 is 2.67 bits per heavy atom. The highest BCUT2D eigenvalue weighted by atomic mass is 19.4. The predicted octanol–water partition coefficient (Wildman–Crippen LogP) is 5.68. The molecular weight excluding hydrogens is 433 g/mol. The van der Waals surface area contributed by atoms with Crippen LogP contribution in [0.5, 0.6) is 11.5 Å². The molecule has 0 atom stereocenters. The summed E-state index contributed by atoms with van der Waals surface area (Å²) in [5.41, 5.74) is 3.29. The number of hydrogen-bond donors (Lipinski definition) is 1. The van der Waals surface area contributed by atoms with Crippen LogP contribution in [0.15, 0.2) is 78.0 Å². The van der Waals surface area contributed by atoms with Crippen LogP contribution in [0.2, 0.25) is 0 Å². The Bertz CT molecular complexity index is 1290. The molecule has 4 rings (SSSR count). The molecule has 0 aliphatic rings. The summed E-state index contributed by atoms with van der Waals surface area (Å²) in [6.07, 6.45) is -1.14. The lowest BCUT2D eigenvalue weighted by atomic mass is 10.1. The molecular formula is C24H19F3N4O2. The fourth-order valence-electron chi connectivity index (χ4n) is 3.16. The third-order valence-corrected chi connectivity index (χ3v) is 4.79. The van der Waals surface area contributed by atoms with E-state index in [1.54, 1.807) is 36.7 Å². The average molecular weight is 452 g/mol. The molecule has 0 unspecified atom stereocenters. The maximum atomic E-state index is 12.9. The largest absolute Gasteiger partial charge is 0.493 e. The summed E-state index contributed by atoms with van der Waals surface area (Å²) in [5, 5.41) is 14.1. The van der Waals surface area contributed by atoms with E-state index in [2.05, 4.69) is 20.7 Å². The lowest BCUT2D eigenvalue weighted by Gasteiger charge is -2.13. The van der Waals surface area contributed by atoms with Crippen LogP contribution in [0.3, 0.4) is 0 Å². The number of rotatable bonds is 7. The van der Waals surface area contributed by atoms with Crippen LogP contribution in [-0.2, 0) is 12.8 Å². The first-order valence-electron chi connectivity index (χ1n) is 9.90. The van der Waals surface area contributed by atoms with Gasteiger partial charge in [0.05, 0.1) is 25.1 Å². The van der Waals surface area contributed by atoms with Gasteiger partial charge >= 0.3 is 6.18 Å². The molecule has 0 amide bonds. The molecule has 0 aliphatic carbocycles. The highest BCUT2D eigenvalue weighted by Crippen LogP contribution is 2.31. The molecule has 33 heavy (non-hydrogen) atoms. The Kier molecular flexibility index (Phi) is 6.39. The molecule has 0 saturated carbocycles. The van der Waals surface area contributed by atoms with Crippen LogP contribution in [0.25, 0.3) is 10.8 Å². The molecule has 1 N–H and O–H groups in total. The third kappa shape index (κ3) is 5.38. The molecule has 0 radical (unpaired) electrons. The zero-order valence-corrected chi connectivity index (χ0v) is 17.5. The Morgan fingerprint density at radius 1 is 1.00 bits per heavy atom. The van der Waals surface area contributed by atoms with Gasteiger partial charge in [0, 0.05) is 10.8 Å². The van der Waals surface area contributed by atoms with E-state index in [0.717, 1.165) is 28.5 Å². The minimum absolute atomic E-state index is 0.0327. The Labute approximate surface area is 187 Å². The lowest BCUT2D eigenvalue weighted by Crippen LogP contribution is -2.06. The maximum absolute atomic E-state index is 12.9. The first kappa shape index (κ1) is 22.1. The summed E-state index contributed by atoms with van der Waals surface area (Å²) in [5.74, 6) is 1.35. The zero-order valence-electron chi connectivity index (χ0n) is 17.5.